The quantitative estimate of drug-likeness (QED) is 0.693. The molecule has 26 heavy (non-hydrogen) atoms. The van der Waals surface area contributed by atoms with Crippen LogP contribution in [0.15, 0.2) is 60.8 Å². The molecule has 4 heteroatoms. The third-order valence-corrected chi connectivity index (χ3v) is 4.39. The van der Waals surface area contributed by atoms with Gasteiger partial charge in [-0.25, -0.2) is 4.98 Å². The third-order valence-electron chi connectivity index (χ3n) is 4.39. The van der Waals surface area contributed by atoms with Gasteiger partial charge in [-0.3, -0.25) is 4.79 Å². The second kappa shape index (κ2) is 7.83. The van der Waals surface area contributed by atoms with Crippen molar-refractivity contribution in [1.29, 1.82) is 0 Å². The highest BCUT2D eigenvalue weighted by Crippen LogP contribution is 2.14. The van der Waals surface area contributed by atoms with Crippen LogP contribution in [0.4, 0.5) is 11.5 Å². The van der Waals surface area contributed by atoms with E-state index in [0.29, 0.717) is 11.4 Å². The Labute approximate surface area is 154 Å². The molecule has 132 valence electrons. The Balaban J connectivity index is 1.59. The van der Waals surface area contributed by atoms with Crippen LogP contribution in [0.3, 0.4) is 0 Å². The van der Waals surface area contributed by atoms with Gasteiger partial charge in [-0.05, 0) is 61.7 Å². The van der Waals surface area contributed by atoms with Crippen molar-refractivity contribution < 1.29 is 4.79 Å². The first-order valence-electron chi connectivity index (χ1n) is 8.65. The molecule has 0 spiro atoms. The molecular formula is C22H23N3O. The molecule has 4 nitrogen and oxygen atoms in total. The van der Waals surface area contributed by atoms with E-state index in [2.05, 4.69) is 46.8 Å². The minimum absolute atomic E-state index is 0.152. The van der Waals surface area contributed by atoms with Gasteiger partial charge in [-0.2, -0.15) is 0 Å². The SMILES string of the molecule is Cc1ccc(CNc2ccc(NC(=O)c3ccc(C)c(C)c3)nc2)cc1. The van der Waals surface area contributed by atoms with E-state index >= 15 is 0 Å². The van der Waals surface area contributed by atoms with Crippen LogP contribution >= 0.6 is 0 Å². The molecule has 3 rings (SSSR count). The Hall–Kier alpha value is -3.14. The van der Waals surface area contributed by atoms with Crippen molar-refractivity contribution in [2.24, 2.45) is 0 Å². The number of carbonyl (C=O) groups is 1. The number of pyridine rings is 1. The first kappa shape index (κ1) is 17.7. The number of anilines is 2. The molecule has 2 aromatic carbocycles. The molecule has 0 saturated heterocycles. The van der Waals surface area contributed by atoms with Gasteiger partial charge < -0.3 is 10.6 Å². The number of nitrogens with one attached hydrogen (secondary N) is 2. The summed E-state index contributed by atoms with van der Waals surface area (Å²) in [5.74, 6) is 0.384. The second-order valence-corrected chi connectivity index (χ2v) is 6.52. The molecule has 1 aromatic heterocycles. The van der Waals surface area contributed by atoms with Gasteiger partial charge >= 0.3 is 0 Å². The highest BCUT2D eigenvalue weighted by Gasteiger charge is 2.08. The number of nitrogens with zero attached hydrogens (tertiary/aromatic N) is 1. The minimum atomic E-state index is -0.152. The van der Waals surface area contributed by atoms with Crippen LogP contribution in [0, 0.1) is 20.8 Å². The molecule has 0 aliphatic heterocycles. The molecule has 0 fully saturated rings. The lowest BCUT2D eigenvalue weighted by molar-refractivity contribution is 0.102. The van der Waals surface area contributed by atoms with Crippen LogP contribution in [-0.2, 0) is 6.54 Å². The smallest absolute Gasteiger partial charge is 0.256 e. The molecular weight excluding hydrogens is 322 g/mol. The van der Waals surface area contributed by atoms with Crippen LogP contribution in [0.25, 0.3) is 0 Å². The monoisotopic (exact) mass is 345 g/mol. The Morgan fingerprint density at radius 2 is 1.69 bits per heavy atom. The zero-order chi connectivity index (χ0) is 18.5. The molecule has 0 unspecified atom stereocenters. The predicted octanol–water partition coefficient (Wildman–Crippen LogP) is 4.87. The lowest BCUT2D eigenvalue weighted by Gasteiger charge is -2.09. The number of amides is 1. The summed E-state index contributed by atoms with van der Waals surface area (Å²) in [4.78, 5) is 16.7. The molecule has 3 aromatic rings. The standard InChI is InChI=1S/C22H23N3O/c1-15-4-7-18(8-5-15)13-23-20-10-11-21(24-14-20)25-22(26)19-9-6-16(2)17(3)12-19/h4-12,14,23H,13H2,1-3H3,(H,24,25,26). The maximum Gasteiger partial charge on any atom is 0.256 e. The van der Waals surface area contributed by atoms with Crippen molar-refractivity contribution in [3.05, 3.63) is 88.6 Å². The van der Waals surface area contributed by atoms with E-state index in [4.69, 9.17) is 0 Å². The highest BCUT2D eigenvalue weighted by atomic mass is 16.1. The number of aryl methyl sites for hydroxylation is 3. The van der Waals surface area contributed by atoms with E-state index in [9.17, 15) is 4.79 Å². The van der Waals surface area contributed by atoms with Crippen molar-refractivity contribution in [1.82, 2.24) is 4.98 Å². The molecule has 0 bridgehead atoms. The minimum Gasteiger partial charge on any atom is -0.380 e. The van der Waals surface area contributed by atoms with Gasteiger partial charge in [0.25, 0.3) is 5.91 Å². The van der Waals surface area contributed by atoms with Gasteiger partial charge in [-0.15, -0.1) is 0 Å². The summed E-state index contributed by atoms with van der Waals surface area (Å²) in [6.07, 6.45) is 1.73. The lowest BCUT2D eigenvalue weighted by Crippen LogP contribution is -2.13. The topological polar surface area (TPSA) is 54.0 Å². The van der Waals surface area contributed by atoms with Crippen molar-refractivity contribution in [3.63, 3.8) is 0 Å². The van der Waals surface area contributed by atoms with Crippen molar-refractivity contribution >= 4 is 17.4 Å². The van der Waals surface area contributed by atoms with Crippen LogP contribution in [0.5, 0.6) is 0 Å². The Morgan fingerprint density at radius 3 is 2.35 bits per heavy atom. The lowest BCUT2D eigenvalue weighted by atomic mass is 10.1. The number of benzene rings is 2. The molecule has 0 atom stereocenters. The van der Waals surface area contributed by atoms with Crippen molar-refractivity contribution in [2.45, 2.75) is 27.3 Å². The normalized spacial score (nSPS) is 10.4. The van der Waals surface area contributed by atoms with Crippen LogP contribution < -0.4 is 10.6 Å². The fourth-order valence-corrected chi connectivity index (χ4v) is 2.55. The second-order valence-electron chi connectivity index (χ2n) is 6.52. The average Bonchev–Trinajstić information content (AvgIpc) is 2.64. The van der Waals surface area contributed by atoms with Gasteiger partial charge in [0.05, 0.1) is 11.9 Å². The van der Waals surface area contributed by atoms with E-state index in [-0.39, 0.29) is 5.91 Å². The van der Waals surface area contributed by atoms with E-state index in [0.717, 1.165) is 17.8 Å². The molecule has 0 saturated carbocycles. The number of carbonyl (C=O) groups excluding carboxylic acids is 1. The summed E-state index contributed by atoms with van der Waals surface area (Å²) < 4.78 is 0. The summed E-state index contributed by atoms with van der Waals surface area (Å²) in [5.41, 5.74) is 6.28. The first-order chi connectivity index (χ1) is 12.5. The Bertz CT molecular complexity index is 900. The van der Waals surface area contributed by atoms with Gasteiger partial charge in [-0.1, -0.05) is 35.9 Å². The first-order valence-corrected chi connectivity index (χ1v) is 8.65. The zero-order valence-electron chi connectivity index (χ0n) is 15.3. The molecule has 2 N–H and O–H groups in total. The molecule has 0 aliphatic carbocycles. The largest absolute Gasteiger partial charge is 0.380 e. The van der Waals surface area contributed by atoms with E-state index in [1.54, 1.807) is 12.3 Å². The third kappa shape index (κ3) is 4.48. The average molecular weight is 345 g/mol. The molecule has 1 heterocycles. The number of hydrogen-bond donors (Lipinski definition) is 2. The summed E-state index contributed by atoms with van der Waals surface area (Å²) in [5, 5.41) is 6.17. The maximum absolute atomic E-state index is 12.3. The Kier molecular flexibility index (Phi) is 5.32. The van der Waals surface area contributed by atoms with Crippen molar-refractivity contribution in [3.8, 4) is 0 Å². The summed E-state index contributed by atoms with van der Waals surface area (Å²) in [7, 11) is 0. The van der Waals surface area contributed by atoms with Crippen LogP contribution in [0.1, 0.15) is 32.6 Å². The summed E-state index contributed by atoms with van der Waals surface area (Å²) >= 11 is 0. The predicted molar refractivity (Wildman–Crippen MR) is 107 cm³/mol. The van der Waals surface area contributed by atoms with E-state index in [1.807, 2.05) is 38.1 Å². The highest BCUT2D eigenvalue weighted by molar-refractivity contribution is 6.03. The van der Waals surface area contributed by atoms with Gasteiger partial charge in [0.1, 0.15) is 5.82 Å². The van der Waals surface area contributed by atoms with Crippen LogP contribution in [0.2, 0.25) is 0 Å². The van der Waals surface area contributed by atoms with Gasteiger partial charge in [0.2, 0.25) is 0 Å². The maximum atomic E-state index is 12.3. The molecule has 0 radical (unpaired) electrons. The zero-order valence-corrected chi connectivity index (χ0v) is 15.3. The number of hydrogen-bond acceptors (Lipinski definition) is 3. The fraction of sp³-hybridized carbons (Fsp3) is 0.182. The molecule has 1 amide bonds. The fourth-order valence-electron chi connectivity index (χ4n) is 2.55. The van der Waals surface area contributed by atoms with Crippen molar-refractivity contribution in [2.75, 3.05) is 10.6 Å². The van der Waals surface area contributed by atoms with Gasteiger partial charge in [0, 0.05) is 12.1 Å². The summed E-state index contributed by atoms with van der Waals surface area (Å²) in [6.45, 7) is 6.84. The van der Waals surface area contributed by atoms with Crippen LogP contribution in [-0.4, -0.2) is 10.9 Å². The number of aromatic nitrogens is 1. The summed E-state index contributed by atoms with van der Waals surface area (Å²) in [6, 6.07) is 17.8. The Morgan fingerprint density at radius 1 is 0.923 bits per heavy atom. The van der Waals surface area contributed by atoms with E-state index in [1.165, 1.54) is 16.7 Å². The number of rotatable bonds is 5. The van der Waals surface area contributed by atoms with Gasteiger partial charge in [0.15, 0.2) is 0 Å². The molecule has 0 aliphatic rings. The van der Waals surface area contributed by atoms with E-state index < -0.39 is 0 Å².